The quantitative estimate of drug-likeness (QED) is 0.687. The number of H-pyrrole nitrogens is 1. The Bertz CT molecular complexity index is 674. The van der Waals surface area contributed by atoms with Crippen molar-refractivity contribution >= 4 is 23.2 Å². The minimum Gasteiger partial charge on any atom is -0.347 e. The zero-order valence-electron chi connectivity index (χ0n) is 12.5. The molecular formula is C18H17Cl2N3. The Kier molecular flexibility index (Phi) is 5.34. The highest BCUT2D eigenvalue weighted by atomic mass is 35.5. The highest BCUT2D eigenvalue weighted by Gasteiger charge is 2.09. The second kappa shape index (κ2) is 7.64. The number of aromatic amines is 1. The Labute approximate surface area is 145 Å². The average Bonchev–Trinajstić information content (AvgIpc) is 3.05. The summed E-state index contributed by atoms with van der Waals surface area (Å²) in [5.41, 5.74) is 3.54. The van der Waals surface area contributed by atoms with Crippen molar-refractivity contribution in [3.8, 4) is 0 Å². The van der Waals surface area contributed by atoms with Gasteiger partial charge in [0.2, 0.25) is 0 Å². The second-order valence-electron chi connectivity index (χ2n) is 5.47. The van der Waals surface area contributed by atoms with Crippen LogP contribution in [0, 0.1) is 0 Å². The van der Waals surface area contributed by atoms with E-state index in [0.29, 0.717) is 0 Å². The third-order valence-corrected chi connectivity index (χ3v) is 4.09. The van der Waals surface area contributed by atoms with Crippen LogP contribution in [0.2, 0.25) is 10.0 Å². The summed E-state index contributed by atoms with van der Waals surface area (Å²) in [6.07, 6.45) is 3.56. The van der Waals surface area contributed by atoms with Crippen molar-refractivity contribution in [3.05, 3.63) is 87.9 Å². The molecule has 1 aromatic heterocycles. The molecule has 3 rings (SSSR count). The zero-order valence-corrected chi connectivity index (χ0v) is 14.1. The zero-order chi connectivity index (χ0) is 16.1. The second-order valence-corrected chi connectivity index (χ2v) is 6.35. The number of rotatable bonds is 6. The maximum absolute atomic E-state index is 5.97. The Hall–Kier alpha value is -1.81. The van der Waals surface area contributed by atoms with E-state index in [1.54, 1.807) is 6.33 Å². The van der Waals surface area contributed by atoms with Gasteiger partial charge >= 0.3 is 0 Å². The summed E-state index contributed by atoms with van der Waals surface area (Å²) in [4.78, 5) is 9.61. The van der Waals surface area contributed by atoms with Crippen molar-refractivity contribution in [1.29, 1.82) is 0 Å². The van der Waals surface area contributed by atoms with Crippen LogP contribution >= 0.6 is 23.2 Å². The summed E-state index contributed by atoms with van der Waals surface area (Å²) in [6.45, 7) is 2.46. The SMILES string of the molecule is Clc1ccc(CN(Cc2ccc(Cl)cc2)Cc2cnc[nH]2)cc1. The molecule has 3 aromatic rings. The molecule has 118 valence electrons. The number of hydrogen-bond donors (Lipinski definition) is 1. The Morgan fingerprint density at radius 1 is 0.783 bits per heavy atom. The van der Waals surface area contributed by atoms with Gasteiger partial charge in [0.15, 0.2) is 0 Å². The summed E-state index contributed by atoms with van der Waals surface area (Å²) >= 11 is 11.9. The molecule has 0 aliphatic heterocycles. The third kappa shape index (κ3) is 4.83. The molecule has 1 N–H and O–H groups in total. The van der Waals surface area contributed by atoms with Gasteiger partial charge in [-0.2, -0.15) is 0 Å². The predicted octanol–water partition coefficient (Wildman–Crippen LogP) is 4.92. The van der Waals surface area contributed by atoms with Crippen LogP contribution in [-0.4, -0.2) is 14.9 Å². The fourth-order valence-corrected chi connectivity index (χ4v) is 2.73. The van der Waals surface area contributed by atoms with E-state index in [9.17, 15) is 0 Å². The van der Waals surface area contributed by atoms with Crippen molar-refractivity contribution < 1.29 is 0 Å². The third-order valence-electron chi connectivity index (χ3n) is 3.59. The van der Waals surface area contributed by atoms with Gasteiger partial charge in [0.05, 0.1) is 6.33 Å². The number of hydrogen-bond acceptors (Lipinski definition) is 2. The molecule has 0 unspecified atom stereocenters. The molecule has 0 aliphatic carbocycles. The van der Waals surface area contributed by atoms with Crippen molar-refractivity contribution in [1.82, 2.24) is 14.9 Å². The fraction of sp³-hybridized carbons (Fsp3) is 0.167. The number of imidazole rings is 1. The van der Waals surface area contributed by atoms with E-state index in [2.05, 4.69) is 39.1 Å². The van der Waals surface area contributed by atoms with Gasteiger partial charge in [-0.3, -0.25) is 4.90 Å². The summed E-state index contributed by atoms with van der Waals surface area (Å²) in [7, 11) is 0. The maximum Gasteiger partial charge on any atom is 0.0922 e. The number of halogens is 2. The van der Waals surface area contributed by atoms with Crippen molar-refractivity contribution in [2.75, 3.05) is 0 Å². The van der Waals surface area contributed by atoms with Gasteiger partial charge in [0, 0.05) is 41.6 Å². The Morgan fingerprint density at radius 2 is 1.30 bits per heavy atom. The van der Waals surface area contributed by atoms with E-state index in [1.807, 2.05) is 30.5 Å². The normalized spacial score (nSPS) is 11.1. The van der Waals surface area contributed by atoms with Crippen molar-refractivity contribution in [3.63, 3.8) is 0 Å². The summed E-state index contributed by atoms with van der Waals surface area (Å²) in [5.74, 6) is 0. The van der Waals surface area contributed by atoms with Gasteiger partial charge in [-0.05, 0) is 35.4 Å². The topological polar surface area (TPSA) is 31.9 Å². The molecular weight excluding hydrogens is 329 g/mol. The summed E-state index contributed by atoms with van der Waals surface area (Å²) in [6, 6.07) is 15.9. The minimum atomic E-state index is 0.756. The first-order valence-corrected chi connectivity index (χ1v) is 8.13. The summed E-state index contributed by atoms with van der Waals surface area (Å²) < 4.78 is 0. The molecule has 0 aliphatic rings. The Morgan fingerprint density at radius 3 is 1.74 bits per heavy atom. The first-order valence-electron chi connectivity index (χ1n) is 7.37. The van der Waals surface area contributed by atoms with Gasteiger partial charge in [0.1, 0.15) is 0 Å². The van der Waals surface area contributed by atoms with Gasteiger partial charge in [0.25, 0.3) is 0 Å². The largest absolute Gasteiger partial charge is 0.347 e. The van der Waals surface area contributed by atoms with Crippen LogP contribution in [0.1, 0.15) is 16.8 Å². The van der Waals surface area contributed by atoms with E-state index in [1.165, 1.54) is 11.1 Å². The van der Waals surface area contributed by atoms with Crippen molar-refractivity contribution in [2.45, 2.75) is 19.6 Å². The number of nitrogens with one attached hydrogen (secondary N) is 1. The van der Waals surface area contributed by atoms with Crippen LogP contribution < -0.4 is 0 Å². The van der Waals surface area contributed by atoms with Gasteiger partial charge < -0.3 is 4.98 Å². The first-order chi connectivity index (χ1) is 11.2. The monoisotopic (exact) mass is 345 g/mol. The number of benzene rings is 2. The van der Waals surface area contributed by atoms with Crippen LogP contribution in [0.25, 0.3) is 0 Å². The van der Waals surface area contributed by atoms with Crippen molar-refractivity contribution in [2.24, 2.45) is 0 Å². The molecule has 0 amide bonds. The van der Waals surface area contributed by atoms with Gasteiger partial charge in [-0.1, -0.05) is 47.5 Å². The molecule has 0 bridgehead atoms. The van der Waals surface area contributed by atoms with E-state index in [4.69, 9.17) is 23.2 Å². The van der Waals surface area contributed by atoms with E-state index < -0.39 is 0 Å². The molecule has 0 saturated carbocycles. The lowest BCUT2D eigenvalue weighted by molar-refractivity contribution is 0.245. The lowest BCUT2D eigenvalue weighted by atomic mass is 10.1. The first kappa shape index (κ1) is 16.1. The molecule has 23 heavy (non-hydrogen) atoms. The molecule has 0 spiro atoms. The molecule has 0 atom stereocenters. The molecule has 5 heteroatoms. The molecule has 3 nitrogen and oxygen atoms in total. The molecule has 0 radical (unpaired) electrons. The smallest absolute Gasteiger partial charge is 0.0922 e. The highest BCUT2D eigenvalue weighted by Crippen LogP contribution is 2.17. The Balaban J connectivity index is 1.75. The predicted molar refractivity (Wildman–Crippen MR) is 94.4 cm³/mol. The maximum atomic E-state index is 5.97. The summed E-state index contributed by atoms with van der Waals surface area (Å²) in [5, 5.41) is 1.51. The fourth-order valence-electron chi connectivity index (χ4n) is 2.48. The van der Waals surface area contributed by atoms with Crippen LogP contribution in [0.4, 0.5) is 0 Å². The van der Waals surface area contributed by atoms with E-state index in [0.717, 1.165) is 35.4 Å². The van der Waals surface area contributed by atoms with E-state index in [-0.39, 0.29) is 0 Å². The van der Waals surface area contributed by atoms with Crippen LogP contribution in [0.15, 0.2) is 61.1 Å². The van der Waals surface area contributed by atoms with Gasteiger partial charge in [-0.25, -0.2) is 4.98 Å². The molecule has 0 fully saturated rings. The van der Waals surface area contributed by atoms with Gasteiger partial charge in [-0.15, -0.1) is 0 Å². The lowest BCUT2D eigenvalue weighted by Crippen LogP contribution is -2.22. The number of nitrogens with zero attached hydrogens (tertiary/aromatic N) is 2. The molecule has 1 heterocycles. The lowest BCUT2D eigenvalue weighted by Gasteiger charge is -2.22. The van der Waals surface area contributed by atoms with Crippen LogP contribution in [0.5, 0.6) is 0 Å². The number of aromatic nitrogens is 2. The molecule has 0 saturated heterocycles. The van der Waals surface area contributed by atoms with E-state index >= 15 is 0 Å². The average molecular weight is 346 g/mol. The van der Waals surface area contributed by atoms with Crippen LogP contribution in [-0.2, 0) is 19.6 Å². The minimum absolute atomic E-state index is 0.756. The highest BCUT2D eigenvalue weighted by molar-refractivity contribution is 6.30. The standard InChI is InChI=1S/C18H17Cl2N3/c19-16-5-1-14(2-6-16)10-23(12-18-9-21-13-22-18)11-15-3-7-17(20)8-4-15/h1-9,13H,10-12H2,(H,21,22). The van der Waals surface area contributed by atoms with Crippen LogP contribution in [0.3, 0.4) is 0 Å². The molecule has 2 aromatic carbocycles.